The number of nitrogens with zero attached hydrogens (tertiary/aromatic N) is 3. The fraction of sp³-hybridized carbons (Fsp3) is 0.400. The van der Waals surface area contributed by atoms with Crippen molar-refractivity contribution in [3.05, 3.63) is 42.7 Å². The first kappa shape index (κ1) is 13.6. The summed E-state index contributed by atoms with van der Waals surface area (Å²) in [6, 6.07) is 10.1. The van der Waals surface area contributed by atoms with Crippen molar-refractivity contribution in [2.45, 2.75) is 25.9 Å². The van der Waals surface area contributed by atoms with Crippen LogP contribution in [0.3, 0.4) is 0 Å². The molecule has 0 unspecified atom stereocenters. The van der Waals surface area contributed by atoms with E-state index in [0.717, 1.165) is 18.2 Å². The highest BCUT2D eigenvalue weighted by atomic mass is 15.2. The molecule has 0 aliphatic rings. The first-order chi connectivity index (χ1) is 8.99. The minimum Gasteiger partial charge on any atom is -0.326 e. The van der Waals surface area contributed by atoms with Gasteiger partial charge >= 0.3 is 0 Å². The first-order valence-corrected chi connectivity index (χ1v) is 6.50. The van der Waals surface area contributed by atoms with E-state index in [-0.39, 0.29) is 5.54 Å². The molecule has 4 heteroatoms. The lowest BCUT2D eigenvalue weighted by atomic mass is 10.0. The smallest absolute Gasteiger partial charge is 0.207 e. The van der Waals surface area contributed by atoms with Crippen LogP contribution in [0.15, 0.2) is 42.7 Å². The van der Waals surface area contributed by atoms with E-state index in [4.69, 9.17) is 0 Å². The van der Waals surface area contributed by atoms with Gasteiger partial charge in [-0.2, -0.15) is 0 Å². The normalized spacial score (nSPS) is 11.8. The van der Waals surface area contributed by atoms with Crippen molar-refractivity contribution in [1.29, 1.82) is 0 Å². The number of para-hydroxylation sites is 1. The number of aromatic nitrogens is 2. The zero-order valence-corrected chi connectivity index (χ0v) is 12.1. The van der Waals surface area contributed by atoms with Gasteiger partial charge in [0.15, 0.2) is 0 Å². The summed E-state index contributed by atoms with van der Waals surface area (Å²) in [7, 11) is 4.20. The van der Waals surface area contributed by atoms with Gasteiger partial charge in [-0.25, -0.2) is 4.98 Å². The van der Waals surface area contributed by atoms with Crippen LogP contribution >= 0.6 is 0 Å². The molecule has 2 aromatic rings. The van der Waals surface area contributed by atoms with E-state index in [1.54, 1.807) is 0 Å². The van der Waals surface area contributed by atoms with Crippen LogP contribution in [0.2, 0.25) is 0 Å². The molecule has 102 valence electrons. The molecule has 0 radical (unpaired) electrons. The second-order valence-electron chi connectivity index (χ2n) is 5.58. The number of hydrogen-bond acceptors (Lipinski definition) is 3. The monoisotopic (exact) mass is 258 g/mol. The number of hydrogen-bond donors (Lipinski definition) is 1. The van der Waals surface area contributed by atoms with E-state index >= 15 is 0 Å². The predicted molar refractivity (Wildman–Crippen MR) is 79.7 cm³/mol. The predicted octanol–water partition coefficient (Wildman–Crippen LogP) is 2.97. The van der Waals surface area contributed by atoms with Gasteiger partial charge in [0.2, 0.25) is 5.95 Å². The van der Waals surface area contributed by atoms with Crippen LogP contribution in [0.25, 0.3) is 0 Å². The molecule has 0 atom stereocenters. The summed E-state index contributed by atoms with van der Waals surface area (Å²) in [6.45, 7) is 5.33. The molecule has 0 amide bonds. The fourth-order valence-corrected chi connectivity index (χ4v) is 1.77. The Kier molecular flexibility index (Phi) is 3.90. The van der Waals surface area contributed by atoms with E-state index in [9.17, 15) is 0 Å². The minimum absolute atomic E-state index is 0.0772. The van der Waals surface area contributed by atoms with E-state index in [0.29, 0.717) is 0 Å². The second-order valence-corrected chi connectivity index (χ2v) is 5.58. The van der Waals surface area contributed by atoms with Crippen LogP contribution < -0.4 is 5.32 Å². The van der Waals surface area contributed by atoms with Crippen LogP contribution in [0.4, 0.5) is 11.6 Å². The molecular weight excluding hydrogens is 236 g/mol. The van der Waals surface area contributed by atoms with Crippen molar-refractivity contribution >= 4 is 11.6 Å². The van der Waals surface area contributed by atoms with E-state index in [2.05, 4.69) is 47.7 Å². The number of anilines is 2. The Balaban J connectivity index is 2.14. The molecule has 4 nitrogen and oxygen atoms in total. The third-order valence-corrected chi connectivity index (χ3v) is 3.51. The van der Waals surface area contributed by atoms with Crippen LogP contribution in [-0.4, -0.2) is 34.1 Å². The van der Waals surface area contributed by atoms with E-state index in [1.165, 1.54) is 0 Å². The molecule has 0 fully saturated rings. The molecule has 1 N–H and O–H groups in total. The van der Waals surface area contributed by atoms with E-state index in [1.807, 2.05) is 42.7 Å². The van der Waals surface area contributed by atoms with Crippen molar-refractivity contribution in [2.75, 3.05) is 19.4 Å². The molecular formula is C15H22N4. The number of benzene rings is 1. The van der Waals surface area contributed by atoms with Gasteiger partial charge in [0.25, 0.3) is 0 Å². The second kappa shape index (κ2) is 5.45. The van der Waals surface area contributed by atoms with Crippen molar-refractivity contribution in [1.82, 2.24) is 14.5 Å². The first-order valence-electron chi connectivity index (χ1n) is 6.50. The third kappa shape index (κ3) is 3.35. The van der Waals surface area contributed by atoms with Gasteiger partial charge in [0, 0.05) is 30.2 Å². The molecule has 1 aromatic heterocycles. The summed E-state index contributed by atoms with van der Waals surface area (Å²) in [5.41, 5.74) is 1.13. The Morgan fingerprint density at radius 1 is 1.21 bits per heavy atom. The molecule has 0 saturated carbocycles. The summed E-state index contributed by atoms with van der Waals surface area (Å²) in [5.74, 6) is 0.876. The highest BCUT2D eigenvalue weighted by Gasteiger charge is 2.22. The van der Waals surface area contributed by atoms with Gasteiger partial charge in [-0.15, -0.1) is 0 Å². The number of nitrogens with one attached hydrogen (secondary N) is 1. The summed E-state index contributed by atoms with van der Waals surface area (Å²) in [4.78, 5) is 6.61. The molecule has 2 rings (SSSR count). The van der Waals surface area contributed by atoms with Gasteiger partial charge in [0.05, 0.1) is 0 Å². The van der Waals surface area contributed by atoms with Gasteiger partial charge in [-0.05, 0) is 40.1 Å². The Bertz CT molecular complexity index is 514. The SMILES string of the molecule is CN(C)C(C)(C)Cn1ccnc1Nc1ccccc1. The Hall–Kier alpha value is -1.81. The highest BCUT2D eigenvalue weighted by molar-refractivity contribution is 5.53. The lowest BCUT2D eigenvalue weighted by Gasteiger charge is -2.33. The van der Waals surface area contributed by atoms with E-state index < -0.39 is 0 Å². The average molecular weight is 258 g/mol. The third-order valence-electron chi connectivity index (χ3n) is 3.51. The van der Waals surface area contributed by atoms with Crippen LogP contribution in [0.5, 0.6) is 0 Å². The Morgan fingerprint density at radius 3 is 2.53 bits per heavy atom. The zero-order valence-electron chi connectivity index (χ0n) is 12.1. The summed E-state index contributed by atoms with van der Waals surface area (Å²) in [6.07, 6.45) is 3.84. The lowest BCUT2D eigenvalue weighted by molar-refractivity contribution is 0.170. The van der Waals surface area contributed by atoms with Gasteiger partial charge in [-0.3, -0.25) is 0 Å². The molecule has 0 saturated heterocycles. The maximum atomic E-state index is 4.39. The Morgan fingerprint density at radius 2 is 1.89 bits per heavy atom. The quantitative estimate of drug-likeness (QED) is 0.895. The molecule has 0 aliphatic heterocycles. The Labute approximate surface area is 115 Å². The zero-order chi connectivity index (χ0) is 13.9. The topological polar surface area (TPSA) is 33.1 Å². The molecule has 0 bridgehead atoms. The number of rotatable bonds is 5. The van der Waals surface area contributed by atoms with Gasteiger partial charge in [-0.1, -0.05) is 18.2 Å². The largest absolute Gasteiger partial charge is 0.326 e. The highest BCUT2D eigenvalue weighted by Crippen LogP contribution is 2.19. The average Bonchev–Trinajstić information content (AvgIpc) is 2.77. The van der Waals surface area contributed by atoms with Crippen LogP contribution in [-0.2, 0) is 6.54 Å². The van der Waals surface area contributed by atoms with Crippen molar-refractivity contribution in [2.24, 2.45) is 0 Å². The molecule has 0 aliphatic carbocycles. The summed E-state index contributed by atoms with van der Waals surface area (Å²) >= 11 is 0. The van der Waals surface area contributed by atoms with Crippen molar-refractivity contribution in [3.63, 3.8) is 0 Å². The molecule has 19 heavy (non-hydrogen) atoms. The van der Waals surface area contributed by atoms with Crippen LogP contribution in [0, 0.1) is 0 Å². The van der Waals surface area contributed by atoms with Gasteiger partial charge < -0.3 is 14.8 Å². The van der Waals surface area contributed by atoms with Gasteiger partial charge in [0.1, 0.15) is 0 Å². The number of imidazole rings is 1. The minimum atomic E-state index is 0.0772. The molecule has 0 spiro atoms. The molecule has 1 aromatic carbocycles. The standard InChI is InChI=1S/C15H22N4/c1-15(2,18(3)4)12-19-11-10-16-14(19)17-13-8-6-5-7-9-13/h5-11H,12H2,1-4H3,(H,16,17). The van der Waals surface area contributed by atoms with Crippen molar-refractivity contribution < 1.29 is 0 Å². The van der Waals surface area contributed by atoms with Crippen molar-refractivity contribution in [3.8, 4) is 0 Å². The summed E-state index contributed by atoms with van der Waals surface area (Å²) < 4.78 is 2.15. The maximum Gasteiger partial charge on any atom is 0.207 e. The fourth-order valence-electron chi connectivity index (χ4n) is 1.77. The lowest BCUT2D eigenvalue weighted by Crippen LogP contribution is -2.42. The van der Waals surface area contributed by atoms with Crippen LogP contribution in [0.1, 0.15) is 13.8 Å². The maximum absolute atomic E-state index is 4.39. The number of likely N-dealkylation sites (N-methyl/N-ethyl adjacent to an activating group) is 1. The molecule has 1 heterocycles. The summed E-state index contributed by atoms with van der Waals surface area (Å²) in [5, 5.41) is 3.35.